The lowest BCUT2D eigenvalue weighted by atomic mass is 10.1. The molecule has 1 aromatic rings. The van der Waals surface area contributed by atoms with E-state index in [1.54, 1.807) is 13.1 Å². The number of likely N-dealkylation sites (N-methyl/N-ethyl adjacent to an activating group) is 1. The molecule has 2 N–H and O–H groups in total. The maximum Gasteiger partial charge on any atom is 0.244 e. The molecule has 0 aliphatic carbocycles. The zero-order valence-electron chi connectivity index (χ0n) is 12.9. The van der Waals surface area contributed by atoms with Gasteiger partial charge in [-0.15, -0.1) is 0 Å². The lowest BCUT2D eigenvalue weighted by Gasteiger charge is -2.20. The number of benzene rings is 1. The van der Waals surface area contributed by atoms with Crippen LogP contribution in [0.4, 0.5) is 0 Å². The molecule has 0 aliphatic heterocycles. The highest BCUT2D eigenvalue weighted by Crippen LogP contribution is 2.29. The first kappa shape index (κ1) is 18.6. The Morgan fingerprint density at radius 1 is 1.38 bits per heavy atom. The van der Waals surface area contributed by atoms with Crippen LogP contribution < -0.4 is 5.73 Å². The molecular formula is C14H23BrN2O3S. The van der Waals surface area contributed by atoms with Crippen molar-refractivity contribution < 1.29 is 13.2 Å². The summed E-state index contributed by atoms with van der Waals surface area (Å²) in [5.74, 6) is 0. The molecule has 0 aromatic heterocycles. The highest BCUT2D eigenvalue weighted by atomic mass is 79.9. The number of sulfonamides is 1. The van der Waals surface area contributed by atoms with E-state index in [9.17, 15) is 8.42 Å². The van der Waals surface area contributed by atoms with E-state index >= 15 is 0 Å². The molecule has 7 heteroatoms. The van der Waals surface area contributed by atoms with Crippen LogP contribution in [0.2, 0.25) is 0 Å². The van der Waals surface area contributed by atoms with Gasteiger partial charge in [0.2, 0.25) is 10.0 Å². The van der Waals surface area contributed by atoms with Crippen molar-refractivity contribution in [2.24, 2.45) is 5.73 Å². The standard InChI is InChI=1S/C14H23BrN2O3S/c1-10(2)20-6-5-17(4)21(18,19)13-8-12(9-16)7-11(3)14(13)15/h7-8,10H,5-6,9,16H2,1-4H3. The van der Waals surface area contributed by atoms with Crippen LogP contribution in [0.1, 0.15) is 25.0 Å². The molecule has 0 radical (unpaired) electrons. The van der Waals surface area contributed by atoms with E-state index < -0.39 is 10.0 Å². The van der Waals surface area contributed by atoms with Crippen molar-refractivity contribution in [3.63, 3.8) is 0 Å². The highest BCUT2D eigenvalue weighted by molar-refractivity contribution is 9.10. The van der Waals surface area contributed by atoms with E-state index in [1.807, 2.05) is 26.8 Å². The van der Waals surface area contributed by atoms with E-state index in [4.69, 9.17) is 10.5 Å². The average molecular weight is 379 g/mol. The summed E-state index contributed by atoms with van der Waals surface area (Å²) >= 11 is 3.36. The molecule has 1 aromatic carbocycles. The smallest absolute Gasteiger partial charge is 0.244 e. The zero-order valence-corrected chi connectivity index (χ0v) is 15.3. The van der Waals surface area contributed by atoms with Gasteiger partial charge in [-0.25, -0.2) is 8.42 Å². The van der Waals surface area contributed by atoms with Crippen molar-refractivity contribution in [1.82, 2.24) is 4.31 Å². The fraction of sp³-hybridized carbons (Fsp3) is 0.571. The number of hydrogen-bond donors (Lipinski definition) is 1. The van der Waals surface area contributed by atoms with Gasteiger partial charge < -0.3 is 10.5 Å². The summed E-state index contributed by atoms with van der Waals surface area (Å²) in [6.45, 7) is 6.65. The van der Waals surface area contributed by atoms with Crippen LogP contribution in [-0.2, 0) is 21.3 Å². The van der Waals surface area contributed by atoms with Gasteiger partial charge in [-0.3, -0.25) is 0 Å². The van der Waals surface area contributed by atoms with Crippen LogP contribution in [0, 0.1) is 6.92 Å². The molecule has 0 bridgehead atoms. The molecule has 0 spiro atoms. The van der Waals surface area contributed by atoms with Gasteiger partial charge in [0.1, 0.15) is 0 Å². The summed E-state index contributed by atoms with van der Waals surface area (Å²) < 4.78 is 32.6. The predicted octanol–water partition coefficient (Wildman–Crippen LogP) is 2.26. The summed E-state index contributed by atoms with van der Waals surface area (Å²) in [5.41, 5.74) is 7.27. The molecule has 0 saturated heterocycles. The first-order chi connectivity index (χ1) is 9.70. The Bertz CT molecular complexity index is 588. The molecule has 0 amide bonds. The van der Waals surface area contributed by atoms with Crippen molar-refractivity contribution >= 4 is 26.0 Å². The SMILES string of the molecule is Cc1cc(CN)cc(S(=O)(=O)N(C)CCOC(C)C)c1Br. The van der Waals surface area contributed by atoms with Crippen molar-refractivity contribution in [3.8, 4) is 0 Å². The van der Waals surface area contributed by atoms with Crippen LogP contribution in [0.15, 0.2) is 21.5 Å². The number of ether oxygens (including phenoxy) is 1. The van der Waals surface area contributed by atoms with Crippen molar-refractivity contribution in [2.75, 3.05) is 20.2 Å². The Morgan fingerprint density at radius 3 is 2.52 bits per heavy atom. The van der Waals surface area contributed by atoms with Crippen molar-refractivity contribution in [2.45, 2.75) is 38.3 Å². The second kappa shape index (κ2) is 7.69. The monoisotopic (exact) mass is 378 g/mol. The summed E-state index contributed by atoms with van der Waals surface area (Å²) in [6.07, 6.45) is 0.0793. The Labute approximate surface area is 135 Å². The minimum absolute atomic E-state index is 0.0793. The fourth-order valence-electron chi connectivity index (χ4n) is 1.82. The molecule has 0 fully saturated rings. The zero-order chi connectivity index (χ0) is 16.2. The normalized spacial score (nSPS) is 12.4. The van der Waals surface area contributed by atoms with Crippen LogP contribution >= 0.6 is 15.9 Å². The second-order valence-electron chi connectivity index (χ2n) is 5.18. The third-order valence-electron chi connectivity index (χ3n) is 3.06. The topological polar surface area (TPSA) is 72.6 Å². The van der Waals surface area contributed by atoms with E-state index in [0.717, 1.165) is 11.1 Å². The van der Waals surface area contributed by atoms with Crippen molar-refractivity contribution in [1.29, 1.82) is 0 Å². The Morgan fingerprint density at radius 2 is 2.00 bits per heavy atom. The molecule has 5 nitrogen and oxygen atoms in total. The van der Waals surface area contributed by atoms with E-state index in [1.165, 1.54) is 4.31 Å². The quantitative estimate of drug-likeness (QED) is 0.789. The third kappa shape index (κ3) is 4.75. The summed E-state index contributed by atoms with van der Waals surface area (Å²) in [4.78, 5) is 0.245. The van der Waals surface area contributed by atoms with Crippen LogP contribution in [0.25, 0.3) is 0 Å². The van der Waals surface area contributed by atoms with Gasteiger partial charge in [-0.05, 0) is 53.9 Å². The number of nitrogens with two attached hydrogens (primary N) is 1. The summed E-state index contributed by atoms with van der Waals surface area (Å²) in [5, 5.41) is 0. The summed E-state index contributed by atoms with van der Waals surface area (Å²) in [6, 6.07) is 3.50. The Balaban J connectivity index is 3.04. The maximum atomic E-state index is 12.6. The second-order valence-corrected chi connectivity index (χ2v) is 7.98. The Kier molecular flexibility index (Phi) is 6.80. The lowest BCUT2D eigenvalue weighted by Crippen LogP contribution is -2.31. The summed E-state index contributed by atoms with van der Waals surface area (Å²) in [7, 11) is -2.02. The van der Waals surface area contributed by atoms with Crippen LogP contribution in [-0.4, -0.2) is 39.0 Å². The predicted molar refractivity (Wildman–Crippen MR) is 87.7 cm³/mol. The average Bonchev–Trinajstić information content (AvgIpc) is 2.40. The van der Waals surface area contributed by atoms with Gasteiger partial charge in [0.05, 0.1) is 17.6 Å². The van der Waals surface area contributed by atoms with Crippen LogP contribution in [0.3, 0.4) is 0 Å². The number of aryl methyl sites for hydroxylation is 1. The molecule has 0 heterocycles. The first-order valence-corrected chi connectivity index (χ1v) is 9.00. The Hall–Kier alpha value is -0.470. The largest absolute Gasteiger partial charge is 0.377 e. The minimum atomic E-state index is -3.57. The maximum absolute atomic E-state index is 12.6. The van der Waals surface area contributed by atoms with Crippen molar-refractivity contribution in [3.05, 3.63) is 27.7 Å². The number of hydrogen-bond acceptors (Lipinski definition) is 4. The van der Waals surface area contributed by atoms with Gasteiger partial charge in [-0.1, -0.05) is 6.07 Å². The first-order valence-electron chi connectivity index (χ1n) is 6.77. The van der Waals surface area contributed by atoms with E-state index in [2.05, 4.69) is 15.9 Å². The minimum Gasteiger partial charge on any atom is -0.377 e. The molecule has 0 aliphatic rings. The van der Waals surface area contributed by atoms with E-state index in [-0.39, 0.29) is 11.0 Å². The molecular weight excluding hydrogens is 356 g/mol. The van der Waals surface area contributed by atoms with Gasteiger partial charge in [0, 0.05) is 24.6 Å². The van der Waals surface area contributed by atoms with Gasteiger partial charge >= 0.3 is 0 Å². The molecule has 0 atom stereocenters. The number of nitrogens with zero attached hydrogens (tertiary/aromatic N) is 1. The van der Waals surface area contributed by atoms with Gasteiger partial charge in [-0.2, -0.15) is 4.31 Å². The highest BCUT2D eigenvalue weighted by Gasteiger charge is 2.24. The fourth-order valence-corrected chi connectivity index (χ4v) is 4.00. The van der Waals surface area contributed by atoms with Gasteiger partial charge in [0.15, 0.2) is 0 Å². The molecule has 21 heavy (non-hydrogen) atoms. The lowest BCUT2D eigenvalue weighted by molar-refractivity contribution is 0.0737. The number of rotatable bonds is 7. The van der Waals surface area contributed by atoms with E-state index in [0.29, 0.717) is 24.2 Å². The third-order valence-corrected chi connectivity index (χ3v) is 6.26. The molecule has 120 valence electrons. The molecule has 0 saturated carbocycles. The van der Waals surface area contributed by atoms with Gasteiger partial charge in [0.25, 0.3) is 0 Å². The van der Waals surface area contributed by atoms with Crippen LogP contribution in [0.5, 0.6) is 0 Å². The molecule has 1 rings (SSSR count). The number of halogens is 1. The molecule has 0 unspecified atom stereocenters.